The van der Waals surface area contributed by atoms with Crippen LogP contribution < -0.4 is 4.31 Å². The molecular weight excluding hydrogens is 643 g/mol. The van der Waals surface area contributed by atoms with Crippen molar-refractivity contribution in [3.63, 3.8) is 0 Å². The summed E-state index contributed by atoms with van der Waals surface area (Å²) in [5, 5.41) is 0. The number of rotatable bonds is 3. The number of sulfonamides is 1. The van der Waals surface area contributed by atoms with Gasteiger partial charge < -0.3 is 19.6 Å². The summed E-state index contributed by atoms with van der Waals surface area (Å²) >= 11 is 0. The Morgan fingerprint density at radius 1 is 0.633 bits per heavy atom. The minimum Gasteiger partial charge on any atom is -0.332 e. The van der Waals surface area contributed by atoms with Crippen molar-refractivity contribution in [1.29, 1.82) is 0 Å². The first-order valence-corrected chi connectivity index (χ1v) is 18.3. The van der Waals surface area contributed by atoms with Gasteiger partial charge in [0.15, 0.2) is 0 Å². The van der Waals surface area contributed by atoms with Gasteiger partial charge in [-0.3, -0.25) is 19.2 Å². The highest BCUT2D eigenvalue weighted by atomic mass is 32.2. The number of carbonyl (C=O) groups is 4. The van der Waals surface area contributed by atoms with Crippen LogP contribution in [0.3, 0.4) is 0 Å². The average Bonchev–Trinajstić information content (AvgIpc) is 3.82. The van der Waals surface area contributed by atoms with Crippen LogP contribution in [-0.4, -0.2) is 102 Å². The summed E-state index contributed by atoms with van der Waals surface area (Å²) in [6, 6.07) is 19.8. The monoisotopic (exact) mass is 679 g/mol. The molecule has 0 N–H and O–H groups in total. The van der Waals surface area contributed by atoms with Gasteiger partial charge in [-0.1, -0.05) is 60.7 Å². The van der Waals surface area contributed by atoms with Gasteiger partial charge in [0.1, 0.15) is 30.3 Å². The first-order valence-electron chi connectivity index (χ1n) is 16.8. The third kappa shape index (κ3) is 3.36. The lowest BCUT2D eigenvalue weighted by Crippen LogP contribution is -2.67. The molecule has 0 aromatic heterocycles. The Morgan fingerprint density at radius 3 is 1.84 bits per heavy atom. The van der Waals surface area contributed by atoms with Crippen molar-refractivity contribution in [3.05, 3.63) is 95.6 Å². The third-order valence-corrected chi connectivity index (χ3v) is 14.6. The molecule has 9 rings (SSSR count). The van der Waals surface area contributed by atoms with E-state index in [0.29, 0.717) is 17.7 Å². The van der Waals surface area contributed by atoms with Gasteiger partial charge in [-0.15, -0.1) is 0 Å². The molecule has 11 nitrogen and oxygen atoms in total. The molecule has 4 amide bonds. The average molecular weight is 680 g/mol. The van der Waals surface area contributed by atoms with Crippen molar-refractivity contribution in [2.24, 2.45) is 0 Å². The van der Waals surface area contributed by atoms with E-state index in [0.717, 1.165) is 11.1 Å². The second-order valence-electron chi connectivity index (χ2n) is 14.5. The molecule has 6 aliphatic rings. The van der Waals surface area contributed by atoms with Gasteiger partial charge in [-0.2, -0.15) is 0 Å². The van der Waals surface area contributed by atoms with Crippen molar-refractivity contribution < 1.29 is 27.6 Å². The lowest BCUT2D eigenvalue weighted by atomic mass is 9.53. The first-order chi connectivity index (χ1) is 23.4. The van der Waals surface area contributed by atoms with Gasteiger partial charge >= 0.3 is 0 Å². The van der Waals surface area contributed by atoms with E-state index in [-0.39, 0.29) is 41.4 Å². The minimum atomic E-state index is -4.31. The number of para-hydroxylation sites is 1. The number of benzene rings is 3. The molecule has 8 atom stereocenters. The Morgan fingerprint density at radius 2 is 1.16 bits per heavy atom. The van der Waals surface area contributed by atoms with Crippen LogP contribution in [-0.2, 0) is 46.5 Å². The molecule has 4 saturated heterocycles. The van der Waals surface area contributed by atoms with Crippen LogP contribution in [0.25, 0.3) is 0 Å². The Balaban J connectivity index is 1.39. The van der Waals surface area contributed by atoms with Crippen LogP contribution in [0, 0.1) is 0 Å². The third-order valence-electron chi connectivity index (χ3n) is 12.8. The van der Waals surface area contributed by atoms with E-state index in [4.69, 9.17) is 0 Å². The first kappa shape index (κ1) is 30.4. The van der Waals surface area contributed by atoms with E-state index in [1.807, 2.05) is 36.4 Å². The fourth-order valence-corrected chi connectivity index (χ4v) is 12.2. The molecule has 3 aromatic rings. The summed E-state index contributed by atoms with van der Waals surface area (Å²) < 4.78 is 31.5. The number of amides is 4. The molecule has 252 valence electrons. The van der Waals surface area contributed by atoms with E-state index in [9.17, 15) is 19.2 Å². The molecule has 5 aliphatic heterocycles. The van der Waals surface area contributed by atoms with E-state index >= 15 is 8.42 Å². The lowest BCUT2D eigenvalue weighted by molar-refractivity contribution is -0.159. The molecule has 3 aromatic carbocycles. The van der Waals surface area contributed by atoms with Crippen molar-refractivity contribution >= 4 is 39.3 Å². The number of nitrogens with zero attached hydrogens (tertiary/aromatic N) is 5. The second kappa shape index (κ2) is 9.71. The fourth-order valence-electron chi connectivity index (χ4n) is 10.5. The molecule has 12 heteroatoms. The molecular formula is C37H37N5O6S. The summed E-state index contributed by atoms with van der Waals surface area (Å²) in [5.41, 5.74) is 0.862. The van der Waals surface area contributed by atoms with Gasteiger partial charge in [-0.25, -0.2) is 12.7 Å². The number of hydrogen-bond acceptors (Lipinski definition) is 6. The van der Waals surface area contributed by atoms with Crippen molar-refractivity contribution in [2.45, 2.75) is 85.2 Å². The van der Waals surface area contributed by atoms with Gasteiger partial charge in [0.2, 0.25) is 23.6 Å². The Labute approximate surface area is 285 Å². The van der Waals surface area contributed by atoms with Crippen LogP contribution in [0.2, 0.25) is 0 Å². The van der Waals surface area contributed by atoms with Crippen LogP contribution in [0.4, 0.5) is 5.69 Å². The molecule has 4 fully saturated rings. The van der Waals surface area contributed by atoms with Crippen LogP contribution in [0.5, 0.6) is 0 Å². The predicted molar refractivity (Wildman–Crippen MR) is 179 cm³/mol. The van der Waals surface area contributed by atoms with Crippen LogP contribution in [0.1, 0.15) is 43.4 Å². The minimum absolute atomic E-state index is 0.0653. The maximum absolute atomic E-state index is 15.0. The molecule has 0 bridgehead atoms. The molecule has 0 unspecified atom stereocenters. The summed E-state index contributed by atoms with van der Waals surface area (Å²) in [4.78, 5) is 63.7. The number of piperazine rings is 2. The maximum atomic E-state index is 15.0. The Hall–Kier alpha value is -4.71. The molecule has 1 aliphatic carbocycles. The SMILES string of the molecule is C[C@H]1C(=O)N2[C@H]3Cc4ccccc4[C@@]3([C@]34C[C@H]5C(=O)N(C)[C@@H](C)C(=O)N5[C@H]3N(S(=O)(=O)c3ccccc3)c3ccccc34)C[C@H]2C(=O)N1C. The number of anilines is 1. The van der Waals surface area contributed by atoms with E-state index in [2.05, 4.69) is 0 Å². The van der Waals surface area contributed by atoms with Gasteiger partial charge in [-0.05, 0) is 68.0 Å². The number of fused-ring (bicyclic) bond motifs is 11. The number of carbonyl (C=O) groups excluding carboxylic acids is 4. The van der Waals surface area contributed by atoms with E-state index < -0.39 is 57.2 Å². The normalized spacial score (nSPS) is 34.6. The fraction of sp³-hybridized carbons (Fsp3) is 0.405. The highest BCUT2D eigenvalue weighted by molar-refractivity contribution is 7.92. The lowest BCUT2D eigenvalue weighted by Gasteiger charge is -2.50. The van der Waals surface area contributed by atoms with Crippen molar-refractivity contribution in [3.8, 4) is 0 Å². The van der Waals surface area contributed by atoms with E-state index in [1.165, 1.54) is 19.0 Å². The highest BCUT2D eigenvalue weighted by Crippen LogP contribution is 2.70. The zero-order chi connectivity index (χ0) is 34.4. The molecule has 0 spiro atoms. The summed E-state index contributed by atoms with van der Waals surface area (Å²) in [5.74, 6) is -0.917. The van der Waals surface area contributed by atoms with Gasteiger partial charge in [0.05, 0.1) is 16.0 Å². The highest BCUT2D eigenvalue weighted by Gasteiger charge is 2.80. The maximum Gasteiger partial charge on any atom is 0.266 e. The Kier molecular flexibility index (Phi) is 6.02. The second-order valence-corrected chi connectivity index (χ2v) is 16.3. The topological polar surface area (TPSA) is 119 Å². The summed E-state index contributed by atoms with van der Waals surface area (Å²) in [6.45, 7) is 3.41. The summed E-state index contributed by atoms with van der Waals surface area (Å²) in [6.07, 6.45) is -0.305. The number of hydrogen-bond donors (Lipinski definition) is 0. The van der Waals surface area contributed by atoms with Crippen molar-refractivity contribution in [1.82, 2.24) is 19.6 Å². The Bertz CT molecular complexity index is 2110. The van der Waals surface area contributed by atoms with Gasteiger partial charge in [0, 0.05) is 25.6 Å². The zero-order valence-corrected chi connectivity index (χ0v) is 28.5. The molecule has 5 heterocycles. The zero-order valence-electron chi connectivity index (χ0n) is 27.7. The van der Waals surface area contributed by atoms with Crippen LogP contribution in [0.15, 0.2) is 83.8 Å². The summed E-state index contributed by atoms with van der Waals surface area (Å²) in [7, 11) is -1.04. The molecule has 49 heavy (non-hydrogen) atoms. The number of likely N-dealkylation sites (N-methyl/N-ethyl adjacent to an activating group) is 2. The quantitative estimate of drug-likeness (QED) is 0.419. The molecule has 0 saturated carbocycles. The predicted octanol–water partition coefficient (Wildman–Crippen LogP) is 2.24. The van der Waals surface area contributed by atoms with Crippen LogP contribution >= 0.6 is 0 Å². The van der Waals surface area contributed by atoms with Gasteiger partial charge in [0.25, 0.3) is 10.0 Å². The molecule has 0 radical (unpaired) electrons. The van der Waals surface area contributed by atoms with Crippen molar-refractivity contribution in [2.75, 3.05) is 18.4 Å². The standard InChI is InChI=1S/C37H37N5O6S/c1-21-31(43)40-28(33(45)38(21)3)19-36(25-15-9-8-12-23(25)18-30(36)40)37-20-29-34(46)39(4)22(2)32(44)41(29)35(37)42(27-17-11-10-16-26(27)37)49(47,48)24-13-6-5-7-14-24/h5-17,21-22,28-30,35H,18-20H2,1-4H3/t21-,22-,28-,29-,30-,35-,36-,37-/m0/s1. The largest absolute Gasteiger partial charge is 0.332 e. The van der Waals surface area contributed by atoms with E-state index in [1.54, 1.807) is 75.3 Å². The smallest absolute Gasteiger partial charge is 0.266 e.